The SMILES string of the molecule is O=C1/C(=C/c2ccc(N3CCOCC3)cc2)N2CCC1CC2. The third kappa shape index (κ3) is 2.52. The van der Waals surface area contributed by atoms with Crippen molar-refractivity contribution in [1.29, 1.82) is 0 Å². The summed E-state index contributed by atoms with van der Waals surface area (Å²) < 4.78 is 5.39. The van der Waals surface area contributed by atoms with Crippen molar-refractivity contribution in [1.82, 2.24) is 4.90 Å². The highest BCUT2D eigenvalue weighted by Crippen LogP contribution is 2.32. The normalized spacial score (nSPS) is 24.4. The second kappa shape index (κ2) is 5.76. The molecule has 4 aliphatic heterocycles. The van der Waals surface area contributed by atoms with E-state index >= 15 is 0 Å². The lowest BCUT2D eigenvalue weighted by Gasteiger charge is -2.41. The van der Waals surface area contributed by atoms with E-state index in [0.29, 0.717) is 5.78 Å². The molecule has 0 unspecified atom stereocenters. The van der Waals surface area contributed by atoms with E-state index in [0.717, 1.165) is 63.5 Å². The number of nitrogens with zero attached hydrogens (tertiary/aromatic N) is 2. The summed E-state index contributed by atoms with van der Waals surface area (Å²) in [7, 11) is 0. The second-order valence-electron chi connectivity index (χ2n) is 6.35. The topological polar surface area (TPSA) is 32.8 Å². The van der Waals surface area contributed by atoms with Gasteiger partial charge in [-0.3, -0.25) is 4.79 Å². The van der Waals surface area contributed by atoms with Gasteiger partial charge in [0, 0.05) is 37.8 Å². The Hall–Kier alpha value is -1.81. The first-order valence-corrected chi connectivity index (χ1v) is 8.25. The molecule has 0 atom stereocenters. The number of allylic oxidation sites excluding steroid dienone is 1. The summed E-state index contributed by atoms with van der Waals surface area (Å²) >= 11 is 0. The molecule has 22 heavy (non-hydrogen) atoms. The van der Waals surface area contributed by atoms with Crippen LogP contribution in [0.5, 0.6) is 0 Å². The van der Waals surface area contributed by atoms with E-state index in [-0.39, 0.29) is 5.92 Å². The number of fused-ring (bicyclic) bond motifs is 3. The minimum absolute atomic E-state index is 0.267. The van der Waals surface area contributed by atoms with Crippen molar-refractivity contribution in [2.75, 3.05) is 44.3 Å². The number of piperidine rings is 3. The quantitative estimate of drug-likeness (QED) is 0.783. The van der Waals surface area contributed by atoms with Gasteiger partial charge in [0.1, 0.15) is 0 Å². The van der Waals surface area contributed by atoms with E-state index in [1.165, 1.54) is 5.69 Å². The van der Waals surface area contributed by atoms with Gasteiger partial charge in [-0.05, 0) is 36.6 Å². The number of rotatable bonds is 2. The van der Waals surface area contributed by atoms with Crippen LogP contribution in [0.1, 0.15) is 18.4 Å². The third-order valence-electron chi connectivity index (χ3n) is 5.03. The van der Waals surface area contributed by atoms with E-state index in [9.17, 15) is 4.79 Å². The Balaban J connectivity index is 1.53. The Morgan fingerprint density at radius 3 is 2.27 bits per heavy atom. The van der Waals surface area contributed by atoms with Crippen LogP contribution in [0, 0.1) is 5.92 Å². The second-order valence-corrected chi connectivity index (χ2v) is 6.35. The van der Waals surface area contributed by atoms with E-state index in [4.69, 9.17) is 4.74 Å². The standard InChI is InChI=1S/C18H22N2O2/c21-18-15-5-7-20(8-6-15)17(18)13-14-1-3-16(4-2-14)19-9-11-22-12-10-19/h1-4,13,15H,5-12H2/b17-13-. The summed E-state index contributed by atoms with van der Waals surface area (Å²) in [5.74, 6) is 0.610. The molecule has 4 heterocycles. The number of Topliss-reactive ketones (excluding diaryl/α,β-unsaturated/α-hetero) is 1. The minimum atomic E-state index is 0.267. The number of hydrogen-bond acceptors (Lipinski definition) is 4. The molecule has 0 amide bonds. The van der Waals surface area contributed by atoms with Crippen LogP contribution in [0.2, 0.25) is 0 Å². The molecule has 116 valence electrons. The number of carbonyl (C=O) groups excluding carboxylic acids is 1. The monoisotopic (exact) mass is 298 g/mol. The van der Waals surface area contributed by atoms with Gasteiger partial charge in [0.25, 0.3) is 0 Å². The van der Waals surface area contributed by atoms with Crippen LogP contribution < -0.4 is 4.90 Å². The fraction of sp³-hybridized carbons (Fsp3) is 0.500. The van der Waals surface area contributed by atoms with E-state index < -0.39 is 0 Å². The van der Waals surface area contributed by atoms with Crippen LogP contribution in [0.4, 0.5) is 5.69 Å². The lowest BCUT2D eigenvalue weighted by molar-refractivity contribution is -0.125. The maximum atomic E-state index is 12.4. The number of benzene rings is 1. The van der Waals surface area contributed by atoms with Crippen molar-refractivity contribution in [2.24, 2.45) is 5.92 Å². The van der Waals surface area contributed by atoms with Crippen LogP contribution in [-0.2, 0) is 9.53 Å². The third-order valence-corrected chi connectivity index (χ3v) is 5.03. The molecule has 4 aliphatic rings. The fourth-order valence-electron chi connectivity index (χ4n) is 3.67. The van der Waals surface area contributed by atoms with Gasteiger partial charge in [0.15, 0.2) is 5.78 Å². The molecule has 4 fully saturated rings. The highest BCUT2D eigenvalue weighted by molar-refractivity contribution is 6.01. The highest BCUT2D eigenvalue weighted by atomic mass is 16.5. The Bertz CT molecular complexity index is 580. The highest BCUT2D eigenvalue weighted by Gasteiger charge is 2.36. The largest absolute Gasteiger partial charge is 0.378 e. The van der Waals surface area contributed by atoms with Gasteiger partial charge in [0.2, 0.25) is 0 Å². The van der Waals surface area contributed by atoms with Gasteiger partial charge in [0.05, 0.1) is 18.9 Å². The average Bonchev–Trinajstić information content (AvgIpc) is 2.60. The first kappa shape index (κ1) is 13.8. The van der Waals surface area contributed by atoms with Crippen molar-refractivity contribution in [3.8, 4) is 0 Å². The Labute approximate surface area is 131 Å². The smallest absolute Gasteiger partial charge is 0.182 e. The molecule has 0 spiro atoms. The first-order chi connectivity index (χ1) is 10.8. The van der Waals surface area contributed by atoms with Gasteiger partial charge in [-0.2, -0.15) is 0 Å². The fourth-order valence-corrected chi connectivity index (χ4v) is 3.67. The van der Waals surface area contributed by atoms with Gasteiger partial charge in [-0.1, -0.05) is 12.1 Å². The van der Waals surface area contributed by atoms with Crippen LogP contribution in [0.25, 0.3) is 6.08 Å². The summed E-state index contributed by atoms with van der Waals surface area (Å²) in [6, 6.07) is 8.54. The number of anilines is 1. The molecule has 0 aromatic heterocycles. The Kier molecular flexibility index (Phi) is 3.62. The zero-order valence-corrected chi connectivity index (χ0v) is 12.8. The molecule has 1 aromatic carbocycles. The molecule has 0 N–H and O–H groups in total. The molecule has 5 rings (SSSR count). The molecular formula is C18H22N2O2. The summed E-state index contributed by atoms with van der Waals surface area (Å²) in [5.41, 5.74) is 3.27. The van der Waals surface area contributed by atoms with E-state index in [1.807, 2.05) is 0 Å². The van der Waals surface area contributed by atoms with Gasteiger partial charge in [-0.15, -0.1) is 0 Å². The van der Waals surface area contributed by atoms with Crippen LogP contribution in [0.15, 0.2) is 30.0 Å². The molecule has 0 radical (unpaired) electrons. The number of carbonyl (C=O) groups is 1. The van der Waals surface area contributed by atoms with Gasteiger partial charge in [-0.25, -0.2) is 0 Å². The lowest BCUT2D eigenvalue weighted by atomic mass is 9.84. The maximum Gasteiger partial charge on any atom is 0.182 e. The summed E-state index contributed by atoms with van der Waals surface area (Å²) in [4.78, 5) is 17.0. The van der Waals surface area contributed by atoms with Crippen molar-refractivity contribution in [2.45, 2.75) is 12.8 Å². The van der Waals surface area contributed by atoms with Crippen molar-refractivity contribution in [3.63, 3.8) is 0 Å². The van der Waals surface area contributed by atoms with Crippen LogP contribution in [0.3, 0.4) is 0 Å². The number of ether oxygens (including phenoxy) is 1. The van der Waals surface area contributed by atoms with Gasteiger partial charge < -0.3 is 14.5 Å². The van der Waals surface area contributed by atoms with Crippen LogP contribution in [-0.4, -0.2) is 50.1 Å². The molecular weight excluding hydrogens is 276 g/mol. The lowest BCUT2D eigenvalue weighted by Crippen LogP contribution is -2.45. The number of morpholine rings is 1. The summed E-state index contributed by atoms with van der Waals surface area (Å²) in [6.45, 7) is 5.58. The maximum absolute atomic E-state index is 12.4. The van der Waals surface area contributed by atoms with Crippen molar-refractivity contribution >= 4 is 17.5 Å². The molecule has 4 heteroatoms. The molecule has 2 bridgehead atoms. The zero-order chi connectivity index (χ0) is 14.9. The Morgan fingerprint density at radius 1 is 0.955 bits per heavy atom. The zero-order valence-electron chi connectivity index (χ0n) is 12.8. The molecule has 4 nitrogen and oxygen atoms in total. The molecule has 0 aliphatic carbocycles. The number of hydrogen-bond donors (Lipinski definition) is 0. The van der Waals surface area contributed by atoms with E-state index in [2.05, 4.69) is 40.1 Å². The molecule has 1 aromatic rings. The minimum Gasteiger partial charge on any atom is -0.378 e. The first-order valence-electron chi connectivity index (χ1n) is 8.25. The van der Waals surface area contributed by atoms with E-state index in [1.54, 1.807) is 0 Å². The van der Waals surface area contributed by atoms with Crippen LogP contribution >= 0.6 is 0 Å². The average molecular weight is 298 g/mol. The molecule has 4 saturated heterocycles. The predicted molar refractivity (Wildman–Crippen MR) is 86.8 cm³/mol. The van der Waals surface area contributed by atoms with Gasteiger partial charge >= 0.3 is 0 Å². The number of ketones is 1. The van der Waals surface area contributed by atoms with Crippen molar-refractivity contribution < 1.29 is 9.53 Å². The predicted octanol–water partition coefficient (Wildman–Crippen LogP) is 2.16. The summed E-state index contributed by atoms with van der Waals surface area (Å²) in [5, 5.41) is 0. The van der Waals surface area contributed by atoms with Crippen molar-refractivity contribution in [3.05, 3.63) is 35.5 Å². The molecule has 0 saturated carbocycles. The Morgan fingerprint density at radius 2 is 1.64 bits per heavy atom. The summed E-state index contributed by atoms with van der Waals surface area (Å²) in [6.07, 6.45) is 4.13.